The lowest BCUT2D eigenvalue weighted by molar-refractivity contribution is 0.217. The van der Waals surface area contributed by atoms with Crippen LogP contribution in [0.2, 0.25) is 0 Å². The average Bonchev–Trinajstić information content (AvgIpc) is 2.99. The van der Waals surface area contributed by atoms with Gasteiger partial charge in [-0.25, -0.2) is 9.97 Å². The molecule has 0 bridgehead atoms. The molecule has 0 spiro atoms. The topological polar surface area (TPSA) is 51.4 Å². The SMILES string of the molecule is COc1ncnc2c1CN(Cc1ccc(CSC(F)F)o1)CC2. The van der Waals surface area contributed by atoms with E-state index in [4.69, 9.17) is 9.15 Å². The molecule has 0 N–H and O–H groups in total. The van der Waals surface area contributed by atoms with Crippen LogP contribution in [-0.2, 0) is 25.3 Å². The maximum absolute atomic E-state index is 12.2. The summed E-state index contributed by atoms with van der Waals surface area (Å²) in [6.45, 7) is 2.16. The molecule has 8 heteroatoms. The van der Waals surface area contributed by atoms with Crippen molar-refractivity contribution in [2.45, 2.75) is 31.0 Å². The van der Waals surface area contributed by atoms with Crippen LogP contribution in [0.5, 0.6) is 5.88 Å². The molecule has 2 aromatic rings. The molecule has 5 nitrogen and oxygen atoms in total. The Morgan fingerprint density at radius 3 is 2.96 bits per heavy atom. The first kappa shape index (κ1) is 16.2. The van der Waals surface area contributed by atoms with Gasteiger partial charge in [-0.05, 0) is 12.1 Å². The highest BCUT2D eigenvalue weighted by Crippen LogP contribution is 2.26. The number of alkyl halides is 2. The van der Waals surface area contributed by atoms with Gasteiger partial charge in [0.15, 0.2) is 0 Å². The van der Waals surface area contributed by atoms with Crippen molar-refractivity contribution in [3.63, 3.8) is 0 Å². The van der Waals surface area contributed by atoms with Crippen molar-refractivity contribution >= 4 is 11.8 Å². The van der Waals surface area contributed by atoms with Crippen molar-refractivity contribution < 1.29 is 17.9 Å². The first-order chi connectivity index (χ1) is 11.2. The lowest BCUT2D eigenvalue weighted by Gasteiger charge is -2.27. The average molecular weight is 341 g/mol. The number of furan rings is 1. The van der Waals surface area contributed by atoms with E-state index < -0.39 is 5.76 Å². The Hall–Kier alpha value is -1.67. The van der Waals surface area contributed by atoms with E-state index in [0.717, 1.165) is 30.0 Å². The van der Waals surface area contributed by atoms with Crippen molar-refractivity contribution in [3.05, 3.63) is 41.2 Å². The van der Waals surface area contributed by atoms with Crippen LogP contribution < -0.4 is 4.74 Å². The lowest BCUT2D eigenvalue weighted by atomic mass is 10.1. The normalized spacial score (nSPS) is 15.0. The number of methoxy groups -OCH3 is 1. The monoisotopic (exact) mass is 341 g/mol. The minimum atomic E-state index is -2.38. The number of ether oxygens (including phenoxy) is 1. The van der Waals surface area contributed by atoms with Crippen LogP contribution in [0.1, 0.15) is 22.8 Å². The molecule has 3 rings (SSSR count). The van der Waals surface area contributed by atoms with Crippen molar-refractivity contribution in [2.24, 2.45) is 0 Å². The molecule has 0 unspecified atom stereocenters. The minimum Gasteiger partial charge on any atom is -0.481 e. The predicted molar refractivity (Wildman–Crippen MR) is 82.4 cm³/mol. The van der Waals surface area contributed by atoms with Crippen LogP contribution in [0, 0.1) is 0 Å². The van der Waals surface area contributed by atoms with E-state index in [2.05, 4.69) is 14.9 Å². The zero-order chi connectivity index (χ0) is 16.2. The fourth-order valence-corrected chi connectivity index (χ4v) is 3.08. The van der Waals surface area contributed by atoms with Gasteiger partial charge in [-0.15, -0.1) is 0 Å². The van der Waals surface area contributed by atoms with Gasteiger partial charge in [0.25, 0.3) is 5.76 Å². The number of nitrogens with zero attached hydrogens (tertiary/aromatic N) is 3. The van der Waals surface area contributed by atoms with E-state index >= 15 is 0 Å². The molecule has 0 atom stereocenters. The number of thioether (sulfide) groups is 1. The van der Waals surface area contributed by atoms with Gasteiger partial charge in [-0.1, -0.05) is 11.8 Å². The summed E-state index contributed by atoms with van der Waals surface area (Å²) in [5.41, 5.74) is 2.02. The van der Waals surface area contributed by atoms with Gasteiger partial charge < -0.3 is 9.15 Å². The molecule has 124 valence electrons. The Morgan fingerprint density at radius 1 is 1.35 bits per heavy atom. The maximum atomic E-state index is 12.2. The van der Waals surface area contributed by atoms with Crippen molar-refractivity contribution in [3.8, 4) is 5.88 Å². The zero-order valence-electron chi connectivity index (χ0n) is 12.7. The maximum Gasteiger partial charge on any atom is 0.284 e. The van der Waals surface area contributed by atoms with Gasteiger partial charge in [-0.2, -0.15) is 8.78 Å². The summed E-state index contributed by atoms with van der Waals surface area (Å²) in [5, 5.41) is 0. The summed E-state index contributed by atoms with van der Waals surface area (Å²) in [6, 6.07) is 3.60. The number of fused-ring (bicyclic) bond motifs is 1. The number of hydrogen-bond donors (Lipinski definition) is 0. The molecule has 0 aliphatic carbocycles. The third-order valence-electron chi connectivity index (χ3n) is 3.68. The van der Waals surface area contributed by atoms with Gasteiger partial charge in [0.2, 0.25) is 5.88 Å². The van der Waals surface area contributed by atoms with Gasteiger partial charge in [0.1, 0.15) is 17.8 Å². The van der Waals surface area contributed by atoms with E-state index in [0.29, 0.717) is 36.5 Å². The van der Waals surface area contributed by atoms with E-state index in [9.17, 15) is 8.78 Å². The van der Waals surface area contributed by atoms with Crippen LogP contribution in [0.4, 0.5) is 8.78 Å². The Balaban J connectivity index is 1.63. The number of rotatable bonds is 6. The molecule has 0 amide bonds. The summed E-state index contributed by atoms with van der Waals surface area (Å²) < 4.78 is 35.3. The summed E-state index contributed by atoms with van der Waals surface area (Å²) >= 11 is 0.566. The number of halogens is 2. The highest BCUT2D eigenvalue weighted by atomic mass is 32.2. The van der Waals surface area contributed by atoms with Crippen molar-refractivity contribution in [2.75, 3.05) is 13.7 Å². The Bertz CT molecular complexity index is 652. The molecule has 0 saturated carbocycles. The van der Waals surface area contributed by atoms with Gasteiger partial charge in [0, 0.05) is 25.1 Å². The smallest absolute Gasteiger partial charge is 0.284 e. The van der Waals surface area contributed by atoms with E-state index in [-0.39, 0.29) is 5.75 Å². The largest absolute Gasteiger partial charge is 0.481 e. The molecule has 1 aliphatic rings. The fourth-order valence-electron chi connectivity index (χ4n) is 2.63. The van der Waals surface area contributed by atoms with Crippen LogP contribution in [0.15, 0.2) is 22.9 Å². The second-order valence-electron chi connectivity index (χ2n) is 5.21. The van der Waals surface area contributed by atoms with Crippen LogP contribution in [0.25, 0.3) is 0 Å². The third kappa shape index (κ3) is 4.00. The van der Waals surface area contributed by atoms with E-state index in [1.807, 2.05) is 6.07 Å². The second-order valence-corrected chi connectivity index (χ2v) is 6.19. The minimum absolute atomic E-state index is 0.183. The highest BCUT2D eigenvalue weighted by molar-refractivity contribution is 7.98. The van der Waals surface area contributed by atoms with Gasteiger partial charge in [-0.3, -0.25) is 4.90 Å². The van der Waals surface area contributed by atoms with Crippen LogP contribution in [0.3, 0.4) is 0 Å². The third-order valence-corrected chi connectivity index (χ3v) is 4.39. The standard InChI is InChI=1S/C15H17F2N3O2S/c1-21-14-12-7-20(5-4-13(12)18-9-19-14)6-10-2-3-11(22-10)8-23-15(16)17/h2-3,9,15H,4-8H2,1H3. The Labute approximate surface area is 137 Å². The molecular weight excluding hydrogens is 324 g/mol. The van der Waals surface area contributed by atoms with Crippen LogP contribution in [-0.4, -0.2) is 34.3 Å². The summed E-state index contributed by atoms with van der Waals surface area (Å²) in [6.07, 6.45) is 2.34. The molecule has 0 aromatic carbocycles. The zero-order valence-corrected chi connectivity index (χ0v) is 13.5. The molecule has 2 aromatic heterocycles. The quantitative estimate of drug-likeness (QED) is 0.805. The Kier molecular flexibility index (Phi) is 5.12. The molecule has 0 saturated heterocycles. The first-order valence-corrected chi connectivity index (χ1v) is 8.27. The van der Waals surface area contributed by atoms with Crippen molar-refractivity contribution in [1.82, 2.24) is 14.9 Å². The van der Waals surface area contributed by atoms with Gasteiger partial charge in [0.05, 0.1) is 25.1 Å². The summed E-state index contributed by atoms with van der Waals surface area (Å²) in [4.78, 5) is 10.6. The molecule has 23 heavy (non-hydrogen) atoms. The molecule has 3 heterocycles. The first-order valence-electron chi connectivity index (χ1n) is 7.22. The molecule has 0 fully saturated rings. The lowest BCUT2D eigenvalue weighted by Crippen LogP contribution is -2.31. The molecular formula is C15H17F2N3O2S. The van der Waals surface area contributed by atoms with Gasteiger partial charge >= 0.3 is 0 Å². The number of aromatic nitrogens is 2. The highest BCUT2D eigenvalue weighted by Gasteiger charge is 2.22. The van der Waals surface area contributed by atoms with Crippen LogP contribution >= 0.6 is 11.8 Å². The number of hydrogen-bond acceptors (Lipinski definition) is 6. The van der Waals surface area contributed by atoms with E-state index in [1.165, 1.54) is 6.33 Å². The predicted octanol–water partition coefficient (Wildman–Crippen LogP) is 3.09. The summed E-state index contributed by atoms with van der Waals surface area (Å²) in [5.74, 6) is -0.247. The second kappa shape index (κ2) is 7.27. The van der Waals surface area contributed by atoms with E-state index in [1.54, 1.807) is 13.2 Å². The Morgan fingerprint density at radius 2 is 2.17 bits per heavy atom. The molecule has 0 radical (unpaired) electrons. The van der Waals surface area contributed by atoms with Crippen molar-refractivity contribution in [1.29, 1.82) is 0 Å². The molecule has 1 aliphatic heterocycles. The summed E-state index contributed by atoms with van der Waals surface area (Å²) in [7, 11) is 1.60. The fraction of sp³-hybridized carbons (Fsp3) is 0.467.